The van der Waals surface area contributed by atoms with Crippen molar-refractivity contribution in [1.29, 1.82) is 0 Å². The van der Waals surface area contributed by atoms with Crippen LogP contribution in [0.25, 0.3) is 0 Å². The second kappa shape index (κ2) is 8.46. The molecule has 2 amide bonds. The standard InChI is InChI=1S/C20H20N2O5/c1-26-20(25)16-4-2-3-5-17(16)21-18(23)14-6-8-15(9-7-14)19(24)22-10-12-27-13-11-22/h2-9H,10-13H2,1H3,(H,21,23). The van der Waals surface area contributed by atoms with Crippen LogP contribution in [-0.4, -0.2) is 56.1 Å². The molecule has 7 heteroatoms. The Kier molecular flexibility index (Phi) is 5.83. The molecule has 27 heavy (non-hydrogen) atoms. The molecule has 3 rings (SSSR count). The highest BCUT2D eigenvalue weighted by molar-refractivity contribution is 6.08. The third-order valence-electron chi connectivity index (χ3n) is 4.27. The number of esters is 1. The van der Waals surface area contributed by atoms with Gasteiger partial charge in [0.2, 0.25) is 0 Å². The van der Waals surface area contributed by atoms with Gasteiger partial charge in [-0.1, -0.05) is 12.1 Å². The zero-order chi connectivity index (χ0) is 19.2. The van der Waals surface area contributed by atoms with Gasteiger partial charge >= 0.3 is 5.97 Å². The van der Waals surface area contributed by atoms with Gasteiger partial charge in [0.15, 0.2) is 0 Å². The number of ether oxygens (including phenoxy) is 2. The quantitative estimate of drug-likeness (QED) is 0.837. The maximum atomic E-state index is 12.5. The molecule has 2 aromatic rings. The van der Waals surface area contributed by atoms with E-state index in [1.807, 2.05) is 0 Å². The van der Waals surface area contributed by atoms with Crippen molar-refractivity contribution < 1.29 is 23.9 Å². The lowest BCUT2D eigenvalue weighted by Crippen LogP contribution is -2.40. The number of para-hydroxylation sites is 1. The SMILES string of the molecule is COC(=O)c1ccccc1NC(=O)c1ccc(C(=O)N2CCOCC2)cc1. The molecule has 1 aliphatic heterocycles. The minimum atomic E-state index is -0.530. The van der Waals surface area contributed by atoms with Crippen molar-refractivity contribution in [3.63, 3.8) is 0 Å². The molecule has 0 spiro atoms. The maximum Gasteiger partial charge on any atom is 0.339 e. The molecular formula is C20H20N2O5. The van der Waals surface area contributed by atoms with Gasteiger partial charge < -0.3 is 19.7 Å². The van der Waals surface area contributed by atoms with Gasteiger partial charge in [0.25, 0.3) is 11.8 Å². The summed E-state index contributed by atoms with van der Waals surface area (Å²) >= 11 is 0. The van der Waals surface area contributed by atoms with Crippen molar-refractivity contribution in [3.8, 4) is 0 Å². The predicted molar refractivity (Wildman–Crippen MR) is 98.9 cm³/mol. The Balaban J connectivity index is 1.71. The van der Waals surface area contributed by atoms with Gasteiger partial charge in [-0.25, -0.2) is 4.79 Å². The second-order valence-corrected chi connectivity index (χ2v) is 5.97. The number of hydrogen-bond acceptors (Lipinski definition) is 5. The van der Waals surface area contributed by atoms with Crippen LogP contribution in [0.15, 0.2) is 48.5 Å². The van der Waals surface area contributed by atoms with Crippen LogP contribution < -0.4 is 5.32 Å². The number of hydrogen-bond donors (Lipinski definition) is 1. The van der Waals surface area contributed by atoms with Crippen LogP contribution in [-0.2, 0) is 9.47 Å². The van der Waals surface area contributed by atoms with Crippen molar-refractivity contribution in [1.82, 2.24) is 4.90 Å². The van der Waals surface area contributed by atoms with Gasteiger partial charge in [-0.05, 0) is 36.4 Å². The van der Waals surface area contributed by atoms with E-state index in [1.165, 1.54) is 7.11 Å². The van der Waals surface area contributed by atoms with Gasteiger partial charge in [-0.15, -0.1) is 0 Å². The topological polar surface area (TPSA) is 84.9 Å². The molecule has 0 aliphatic carbocycles. The summed E-state index contributed by atoms with van der Waals surface area (Å²) < 4.78 is 9.97. The number of nitrogens with zero attached hydrogens (tertiary/aromatic N) is 1. The maximum absolute atomic E-state index is 12.5. The fraction of sp³-hybridized carbons (Fsp3) is 0.250. The first-order valence-corrected chi connectivity index (χ1v) is 8.56. The molecule has 1 aliphatic rings. The van der Waals surface area contributed by atoms with Crippen LogP contribution in [0.4, 0.5) is 5.69 Å². The summed E-state index contributed by atoms with van der Waals surface area (Å²) in [7, 11) is 1.28. The zero-order valence-corrected chi connectivity index (χ0v) is 14.9. The molecule has 0 atom stereocenters. The summed E-state index contributed by atoms with van der Waals surface area (Å²) in [6, 6.07) is 13.0. The Morgan fingerprint density at radius 3 is 2.26 bits per heavy atom. The monoisotopic (exact) mass is 368 g/mol. The average molecular weight is 368 g/mol. The first-order chi connectivity index (χ1) is 13.1. The Hall–Kier alpha value is -3.19. The number of rotatable bonds is 4. The van der Waals surface area contributed by atoms with Crippen molar-refractivity contribution in [2.75, 3.05) is 38.7 Å². The van der Waals surface area contributed by atoms with Crippen LogP contribution in [0.1, 0.15) is 31.1 Å². The smallest absolute Gasteiger partial charge is 0.339 e. The largest absolute Gasteiger partial charge is 0.465 e. The van der Waals surface area contributed by atoms with E-state index in [2.05, 4.69) is 5.32 Å². The molecule has 0 saturated carbocycles. The molecule has 1 fully saturated rings. The number of carbonyl (C=O) groups excluding carboxylic acids is 3. The summed E-state index contributed by atoms with van der Waals surface area (Å²) in [6.45, 7) is 2.19. The number of methoxy groups -OCH3 is 1. The van der Waals surface area contributed by atoms with E-state index in [-0.39, 0.29) is 17.4 Å². The van der Waals surface area contributed by atoms with Gasteiger partial charge in [-0.2, -0.15) is 0 Å². The first-order valence-electron chi connectivity index (χ1n) is 8.56. The first kappa shape index (κ1) is 18.6. The number of amides is 2. The Labute approximate surface area is 156 Å². The lowest BCUT2D eigenvalue weighted by atomic mass is 10.1. The van der Waals surface area contributed by atoms with Gasteiger partial charge in [0.1, 0.15) is 0 Å². The third-order valence-corrected chi connectivity index (χ3v) is 4.27. The lowest BCUT2D eigenvalue weighted by molar-refractivity contribution is 0.0303. The molecule has 1 saturated heterocycles. The zero-order valence-electron chi connectivity index (χ0n) is 14.9. The average Bonchev–Trinajstić information content (AvgIpc) is 2.73. The van der Waals surface area contributed by atoms with Gasteiger partial charge in [0.05, 0.1) is 31.6 Å². The predicted octanol–water partition coefficient (Wildman–Crippen LogP) is 2.20. The summed E-state index contributed by atoms with van der Waals surface area (Å²) in [5, 5.41) is 2.70. The van der Waals surface area contributed by atoms with E-state index in [0.717, 1.165) is 0 Å². The highest BCUT2D eigenvalue weighted by atomic mass is 16.5. The fourth-order valence-corrected chi connectivity index (χ4v) is 2.79. The van der Waals surface area contributed by atoms with Crippen LogP contribution in [0.3, 0.4) is 0 Å². The van der Waals surface area contributed by atoms with Gasteiger partial charge in [-0.3, -0.25) is 9.59 Å². The van der Waals surface area contributed by atoms with Gasteiger partial charge in [0, 0.05) is 24.2 Å². The molecule has 7 nitrogen and oxygen atoms in total. The van der Waals surface area contributed by atoms with E-state index in [9.17, 15) is 14.4 Å². The van der Waals surface area contributed by atoms with Crippen LogP contribution in [0.5, 0.6) is 0 Å². The summed E-state index contributed by atoms with van der Waals surface area (Å²) in [4.78, 5) is 38.5. The molecule has 2 aromatic carbocycles. The Bertz CT molecular complexity index is 842. The third kappa shape index (κ3) is 4.32. The van der Waals surface area contributed by atoms with Crippen molar-refractivity contribution in [2.24, 2.45) is 0 Å². The van der Waals surface area contributed by atoms with Crippen molar-refractivity contribution in [3.05, 3.63) is 65.2 Å². The van der Waals surface area contributed by atoms with Crippen molar-refractivity contribution >= 4 is 23.5 Å². The Morgan fingerprint density at radius 2 is 1.59 bits per heavy atom. The Morgan fingerprint density at radius 1 is 0.963 bits per heavy atom. The van der Waals surface area contributed by atoms with Crippen LogP contribution in [0, 0.1) is 0 Å². The number of benzene rings is 2. The molecule has 0 unspecified atom stereocenters. The number of nitrogens with one attached hydrogen (secondary N) is 1. The summed E-state index contributed by atoms with van der Waals surface area (Å²) in [5.74, 6) is -0.990. The summed E-state index contributed by atoms with van der Waals surface area (Å²) in [5.41, 5.74) is 1.53. The highest BCUT2D eigenvalue weighted by Crippen LogP contribution is 2.18. The van der Waals surface area contributed by atoms with E-state index in [1.54, 1.807) is 53.4 Å². The lowest BCUT2D eigenvalue weighted by Gasteiger charge is -2.26. The normalized spacial score (nSPS) is 13.7. The summed E-state index contributed by atoms with van der Waals surface area (Å²) in [6.07, 6.45) is 0. The van der Waals surface area contributed by atoms with E-state index >= 15 is 0 Å². The molecular weight excluding hydrogens is 348 g/mol. The second-order valence-electron chi connectivity index (χ2n) is 5.97. The molecule has 0 bridgehead atoms. The van der Waals surface area contributed by atoms with E-state index in [0.29, 0.717) is 43.1 Å². The molecule has 0 aromatic heterocycles. The molecule has 0 radical (unpaired) electrons. The van der Waals surface area contributed by atoms with Crippen molar-refractivity contribution in [2.45, 2.75) is 0 Å². The minimum absolute atomic E-state index is 0.0821. The minimum Gasteiger partial charge on any atom is -0.465 e. The van der Waals surface area contributed by atoms with E-state index in [4.69, 9.17) is 9.47 Å². The van der Waals surface area contributed by atoms with Crippen LogP contribution in [0.2, 0.25) is 0 Å². The van der Waals surface area contributed by atoms with Crippen LogP contribution >= 0.6 is 0 Å². The highest BCUT2D eigenvalue weighted by Gasteiger charge is 2.19. The fourth-order valence-electron chi connectivity index (χ4n) is 2.79. The number of anilines is 1. The number of morpholine rings is 1. The molecule has 1 N–H and O–H groups in total. The number of carbonyl (C=O) groups is 3. The molecule has 1 heterocycles. The van der Waals surface area contributed by atoms with E-state index < -0.39 is 5.97 Å². The molecule has 140 valence electrons.